The van der Waals surface area contributed by atoms with Crippen molar-refractivity contribution in [1.82, 2.24) is 10.3 Å². The maximum absolute atomic E-state index is 14.5. The molecule has 2 aromatic carbocycles. The van der Waals surface area contributed by atoms with Gasteiger partial charge >= 0.3 is 12.2 Å². The minimum Gasteiger partial charge on any atom is -0.457 e. The maximum atomic E-state index is 14.5. The van der Waals surface area contributed by atoms with Gasteiger partial charge in [0.05, 0.1) is 11.3 Å². The van der Waals surface area contributed by atoms with E-state index in [1.807, 2.05) is 0 Å². The third-order valence-electron chi connectivity index (χ3n) is 3.95. The normalized spacial score (nSPS) is 12.7. The van der Waals surface area contributed by atoms with Crippen LogP contribution in [0.15, 0.2) is 60.8 Å². The molecule has 0 bridgehead atoms. The fourth-order valence-corrected chi connectivity index (χ4v) is 2.52. The van der Waals surface area contributed by atoms with E-state index in [1.165, 1.54) is 24.4 Å². The second-order valence-corrected chi connectivity index (χ2v) is 6.23. The zero-order chi connectivity index (χ0) is 25.8. The molecule has 0 radical (unpaired) electrons. The summed E-state index contributed by atoms with van der Waals surface area (Å²) in [7, 11) is 0. The number of urea groups is 1. The van der Waals surface area contributed by atoms with Crippen LogP contribution in [0.2, 0.25) is 0 Å². The van der Waals surface area contributed by atoms with E-state index in [9.17, 15) is 27.2 Å². The molecule has 0 atom stereocenters. The molecule has 3 N–H and O–H groups in total. The average molecular weight is 451 g/mol. The van der Waals surface area contributed by atoms with Gasteiger partial charge in [-0.15, -0.1) is 0 Å². The summed E-state index contributed by atoms with van der Waals surface area (Å²) in [6.07, 6.45) is -3.40. The predicted molar refractivity (Wildman–Crippen MR) is 108 cm³/mol. The first-order valence-electron chi connectivity index (χ1n) is 10.3. The fraction of sp³-hybridized carbons (Fsp3) is 0.0952. The Hall–Kier alpha value is -4.15. The molecule has 0 aliphatic rings. The lowest BCUT2D eigenvalue weighted by Crippen LogP contribution is -2.20. The first-order valence-corrected chi connectivity index (χ1v) is 8.81. The van der Waals surface area contributed by atoms with E-state index >= 15 is 0 Å². The molecule has 3 amide bonds. The molecule has 11 heteroatoms. The summed E-state index contributed by atoms with van der Waals surface area (Å²) in [4.78, 5) is 27.7. The summed E-state index contributed by atoms with van der Waals surface area (Å²) in [6.45, 7) is -2.71. The van der Waals surface area contributed by atoms with Gasteiger partial charge in [0, 0.05) is 35.1 Å². The van der Waals surface area contributed by atoms with Crippen LogP contribution in [0.4, 0.5) is 33.7 Å². The van der Waals surface area contributed by atoms with Gasteiger partial charge in [0.2, 0.25) is 0 Å². The summed E-state index contributed by atoms with van der Waals surface area (Å²) < 4.78 is 79.4. The van der Waals surface area contributed by atoms with Gasteiger partial charge < -0.3 is 20.7 Å². The van der Waals surface area contributed by atoms with Gasteiger partial charge in [-0.2, -0.15) is 13.2 Å². The first kappa shape index (κ1) is 18.6. The topological polar surface area (TPSA) is 92.4 Å². The van der Waals surface area contributed by atoms with Crippen molar-refractivity contribution in [3.05, 3.63) is 77.9 Å². The van der Waals surface area contributed by atoms with Crippen LogP contribution < -0.4 is 20.7 Å². The second-order valence-electron chi connectivity index (χ2n) is 6.23. The molecule has 0 saturated carbocycles. The van der Waals surface area contributed by atoms with Crippen LogP contribution in [0.3, 0.4) is 0 Å². The lowest BCUT2D eigenvalue weighted by atomic mass is 10.2. The average Bonchev–Trinajstić information content (AvgIpc) is 2.74. The molecule has 1 aromatic heterocycles. The van der Waals surface area contributed by atoms with Crippen molar-refractivity contribution in [2.75, 3.05) is 17.6 Å². The molecular weight excluding hydrogens is 432 g/mol. The zero-order valence-electron chi connectivity index (χ0n) is 19.0. The molecule has 0 unspecified atom stereocenters. The fourth-order valence-electron chi connectivity index (χ4n) is 2.52. The van der Waals surface area contributed by atoms with Crippen LogP contribution in [0, 0.1) is 5.82 Å². The third-order valence-corrected chi connectivity index (χ3v) is 3.95. The number of hydrogen-bond donors (Lipinski definition) is 3. The number of carbonyl (C=O) groups is 2. The molecule has 7 nitrogen and oxygen atoms in total. The molecule has 0 fully saturated rings. The molecule has 0 aliphatic carbocycles. The highest BCUT2D eigenvalue weighted by Gasteiger charge is 2.30. The number of hydrogen-bond acceptors (Lipinski definition) is 4. The quantitative estimate of drug-likeness (QED) is 0.474. The van der Waals surface area contributed by atoms with E-state index in [1.54, 1.807) is 5.32 Å². The highest BCUT2D eigenvalue weighted by atomic mass is 19.4. The number of aromatic nitrogens is 1. The number of amides is 3. The third kappa shape index (κ3) is 5.72. The monoisotopic (exact) mass is 451 g/mol. The molecule has 0 saturated heterocycles. The van der Waals surface area contributed by atoms with Crippen molar-refractivity contribution < 1.29 is 36.0 Å². The first-order chi connectivity index (χ1) is 16.3. The van der Waals surface area contributed by atoms with E-state index in [4.69, 9.17) is 8.85 Å². The summed E-state index contributed by atoms with van der Waals surface area (Å²) >= 11 is 0. The van der Waals surface area contributed by atoms with Crippen molar-refractivity contribution in [1.29, 1.82) is 0 Å². The molecule has 0 spiro atoms. The van der Waals surface area contributed by atoms with Gasteiger partial charge in [-0.3, -0.25) is 9.78 Å². The number of halogens is 4. The Labute approximate surface area is 183 Å². The second kappa shape index (κ2) is 9.33. The van der Waals surface area contributed by atoms with Crippen LogP contribution in [0.1, 0.15) is 20.2 Å². The molecule has 0 aliphatic heterocycles. The van der Waals surface area contributed by atoms with Gasteiger partial charge in [-0.05, 0) is 36.4 Å². The Morgan fingerprint density at radius 1 is 1.03 bits per heavy atom. The van der Waals surface area contributed by atoms with Crippen LogP contribution in [0.5, 0.6) is 11.5 Å². The Morgan fingerprint density at radius 3 is 2.53 bits per heavy atom. The molecule has 3 rings (SSSR count). The van der Waals surface area contributed by atoms with Gasteiger partial charge in [-0.1, -0.05) is 6.07 Å². The lowest BCUT2D eigenvalue weighted by molar-refractivity contribution is -0.137. The van der Waals surface area contributed by atoms with Crippen LogP contribution >= 0.6 is 0 Å². The van der Waals surface area contributed by atoms with E-state index in [-0.39, 0.29) is 28.6 Å². The Bertz CT molecular complexity index is 1250. The summed E-state index contributed by atoms with van der Waals surface area (Å²) in [5.41, 5.74) is -1.63. The SMILES string of the molecule is [2H]C([2H])([2H])NC(=O)c1cc(Oc2ccc(NC(=O)Nc3cccc(C(F)(F)F)c3)c(F)c2)ccn1. The molecule has 3 aromatic rings. The summed E-state index contributed by atoms with van der Waals surface area (Å²) in [5.74, 6) is -1.86. The Balaban J connectivity index is 1.66. The van der Waals surface area contributed by atoms with Gasteiger partial charge in [0.15, 0.2) is 0 Å². The number of ether oxygens (including phenoxy) is 1. The minimum absolute atomic E-state index is 0.0280. The number of anilines is 2. The smallest absolute Gasteiger partial charge is 0.416 e. The van der Waals surface area contributed by atoms with Gasteiger partial charge in [0.1, 0.15) is 23.0 Å². The molecular formula is C21H16F4N4O3. The highest BCUT2D eigenvalue weighted by Crippen LogP contribution is 2.31. The summed E-state index contributed by atoms with van der Waals surface area (Å²) in [6, 6.07) is 8.80. The van der Waals surface area contributed by atoms with Crippen molar-refractivity contribution in [3.8, 4) is 11.5 Å². The van der Waals surface area contributed by atoms with Crippen LogP contribution in [0.25, 0.3) is 0 Å². The van der Waals surface area contributed by atoms with Crippen molar-refractivity contribution >= 4 is 23.3 Å². The van der Waals surface area contributed by atoms with Crippen molar-refractivity contribution in [2.24, 2.45) is 0 Å². The zero-order valence-corrected chi connectivity index (χ0v) is 16.0. The van der Waals surface area contributed by atoms with E-state index in [0.29, 0.717) is 0 Å². The van der Waals surface area contributed by atoms with E-state index < -0.39 is 36.5 Å². The molecule has 32 heavy (non-hydrogen) atoms. The number of carbonyl (C=O) groups excluding carboxylic acids is 2. The number of benzene rings is 2. The van der Waals surface area contributed by atoms with Crippen molar-refractivity contribution in [2.45, 2.75) is 6.18 Å². The highest BCUT2D eigenvalue weighted by molar-refractivity contribution is 5.99. The number of nitrogens with zero attached hydrogens (tertiary/aromatic N) is 1. The number of pyridine rings is 1. The lowest BCUT2D eigenvalue weighted by Gasteiger charge is -2.12. The summed E-state index contributed by atoms with van der Waals surface area (Å²) in [5, 5.41) is 6.13. The Kier molecular flexibility index (Phi) is 5.43. The number of alkyl halides is 3. The largest absolute Gasteiger partial charge is 0.457 e. The van der Waals surface area contributed by atoms with E-state index in [2.05, 4.69) is 15.6 Å². The Morgan fingerprint density at radius 2 is 1.81 bits per heavy atom. The predicted octanol–water partition coefficient (Wildman–Crippen LogP) is 5.04. The van der Waals surface area contributed by atoms with Crippen LogP contribution in [-0.4, -0.2) is 23.9 Å². The van der Waals surface area contributed by atoms with E-state index in [0.717, 1.165) is 36.4 Å². The minimum atomic E-state index is -4.59. The number of rotatable bonds is 5. The molecule has 166 valence electrons. The van der Waals surface area contributed by atoms with Crippen LogP contribution in [-0.2, 0) is 6.18 Å². The maximum Gasteiger partial charge on any atom is 0.416 e. The number of nitrogens with one attached hydrogen (secondary N) is 3. The van der Waals surface area contributed by atoms with Gasteiger partial charge in [0.25, 0.3) is 5.91 Å². The van der Waals surface area contributed by atoms with Crippen molar-refractivity contribution in [3.63, 3.8) is 0 Å². The van der Waals surface area contributed by atoms with Gasteiger partial charge in [-0.25, -0.2) is 9.18 Å². The standard InChI is InChI=1S/C21H16F4N4O3/c1-26-19(30)18-11-15(7-8-27-18)32-14-5-6-17(16(22)10-14)29-20(31)28-13-4-2-3-12(9-13)21(23,24)25/h2-11H,1H3,(H,26,30)(H2,28,29,31)/i1D3. The molecule has 1 heterocycles.